The quantitative estimate of drug-likeness (QED) is 0.440. The van der Waals surface area contributed by atoms with Crippen LogP contribution >= 0.6 is 15.9 Å². The lowest BCUT2D eigenvalue weighted by atomic mass is 10.1. The Bertz CT molecular complexity index is 1100. The van der Waals surface area contributed by atoms with Crippen LogP contribution in [0.3, 0.4) is 0 Å². The zero-order valence-corrected chi connectivity index (χ0v) is 20.3. The molecule has 3 aromatic carbocycles. The maximum Gasteiger partial charge on any atom is 0.261 e. The molecule has 2 amide bonds. The molecule has 0 aliphatic heterocycles. The number of amides is 2. The highest BCUT2D eigenvalue weighted by atomic mass is 79.9. The first kappa shape index (κ1) is 23.8. The Labute approximate surface area is 197 Å². The summed E-state index contributed by atoms with van der Waals surface area (Å²) in [4.78, 5) is 27.6. The number of halogens is 1. The zero-order valence-electron chi connectivity index (χ0n) is 18.7. The molecule has 32 heavy (non-hydrogen) atoms. The molecule has 3 rings (SSSR count). The van der Waals surface area contributed by atoms with Crippen LogP contribution in [0.2, 0.25) is 0 Å². The fourth-order valence-electron chi connectivity index (χ4n) is 3.77. The smallest absolute Gasteiger partial charge is 0.261 e. The van der Waals surface area contributed by atoms with Crippen molar-refractivity contribution >= 4 is 38.5 Å². The molecule has 0 aromatic heterocycles. The van der Waals surface area contributed by atoms with Gasteiger partial charge >= 0.3 is 0 Å². The van der Waals surface area contributed by atoms with Gasteiger partial charge in [0.25, 0.3) is 5.91 Å². The van der Waals surface area contributed by atoms with E-state index in [0.29, 0.717) is 25.3 Å². The van der Waals surface area contributed by atoms with E-state index in [1.165, 1.54) is 0 Å². The Kier molecular flexibility index (Phi) is 8.28. The molecule has 5 nitrogen and oxygen atoms in total. The fraction of sp³-hybridized carbons (Fsp3) is 0.308. The van der Waals surface area contributed by atoms with Gasteiger partial charge in [0.1, 0.15) is 11.8 Å². The molecule has 0 fully saturated rings. The maximum atomic E-state index is 13.3. The first-order valence-electron chi connectivity index (χ1n) is 10.9. The van der Waals surface area contributed by atoms with Crippen molar-refractivity contribution in [3.05, 3.63) is 76.3 Å². The van der Waals surface area contributed by atoms with Gasteiger partial charge in [-0.25, -0.2) is 0 Å². The largest absolute Gasteiger partial charge is 0.483 e. The highest BCUT2D eigenvalue weighted by Crippen LogP contribution is 2.33. The first-order chi connectivity index (χ1) is 15.4. The summed E-state index contributed by atoms with van der Waals surface area (Å²) in [5, 5.41) is 4.95. The third kappa shape index (κ3) is 5.68. The predicted octanol–water partition coefficient (Wildman–Crippen LogP) is 5.23. The van der Waals surface area contributed by atoms with E-state index in [4.69, 9.17) is 4.74 Å². The monoisotopic (exact) mass is 496 g/mol. The molecule has 3 aromatic rings. The van der Waals surface area contributed by atoms with E-state index >= 15 is 0 Å². The van der Waals surface area contributed by atoms with Gasteiger partial charge in [0.05, 0.1) is 4.47 Å². The number of carbonyl (C=O) groups excluding carboxylic acids is 2. The second-order valence-electron chi connectivity index (χ2n) is 7.72. The van der Waals surface area contributed by atoms with Gasteiger partial charge in [-0.15, -0.1) is 0 Å². The van der Waals surface area contributed by atoms with Crippen molar-refractivity contribution in [1.82, 2.24) is 10.2 Å². The van der Waals surface area contributed by atoms with E-state index in [-0.39, 0.29) is 18.4 Å². The van der Waals surface area contributed by atoms with Crippen molar-refractivity contribution in [3.8, 4) is 5.75 Å². The van der Waals surface area contributed by atoms with E-state index < -0.39 is 6.04 Å². The van der Waals surface area contributed by atoms with Crippen molar-refractivity contribution < 1.29 is 14.3 Å². The fourth-order valence-corrected chi connectivity index (χ4v) is 4.37. The average Bonchev–Trinajstić information content (AvgIpc) is 2.78. The molecular formula is C26H29BrN2O3. The Morgan fingerprint density at radius 1 is 1.06 bits per heavy atom. The summed E-state index contributed by atoms with van der Waals surface area (Å²) in [5.41, 5.74) is 2.09. The molecule has 6 heteroatoms. The molecule has 0 radical (unpaired) electrons. The summed E-state index contributed by atoms with van der Waals surface area (Å²) in [5.74, 6) is 0.214. The number of hydrogen-bond donors (Lipinski definition) is 1. The molecule has 0 saturated carbocycles. The van der Waals surface area contributed by atoms with Crippen molar-refractivity contribution in [2.75, 3.05) is 13.2 Å². The van der Waals surface area contributed by atoms with Gasteiger partial charge in [0.2, 0.25) is 5.91 Å². The summed E-state index contributed by atoms with van der Waals surface area (Å²) in [6.07, 6.45) is 0.517. The molecule has 0 spiro atoms. The Hall–Kier alpha value is -2.86. The van der Waals surface area contributed by atoms with E-state index in [1.807, 2.05) is 81.4 Å². The molecule has 168 valence electrons. The standard InChI is InChI=1S/C26H29BrN2O3/c1-4-22(26(31)28-5-2)29(16-19-10-8-9-18(3)15-19)24(30)17-32-23-14-13-20-11-6-7-12-21(20)25(23)27/h6-15,22H,4-5,16-17H2,1-3H3,(H,28,31)/t22-/m0/s1. The summed E-state index contributed by atoms with van der Waals surface area (Å²) < 4.78 is 6.72. The predicted molar refractivity (Wildman–Crippen MR) is 132 cm³/mol. The lowest BCUT2D eigenvalue weighted by molar-refractivity contribution is -0.142. The van der Waals surface area contributed by atoms with Crippen LogP contribution in [0.5, 0.6) is 5.75 Å². The van der Waals surface area contributed by atoms with E-state index in [9.17, 15) is 9.59 Å². The lowest BCUT2D eigenvalue weighted by Gasteiger charge is -2.30. The number of hydrogen-bond acceptors (Lipinski definition) is 3. The zero-order chi connectivity index (χ0) is 23.1. The lowest BCUT2D eigenvalue weighted by Crippen LogP contribution is -2.50. The minimum absolute atomic E-state index is 0.150. The summed E-state index contributed by atoms with van der Waals surface area (Å²) in [7, 11) is 0. The van der Waals surface area contributed by atoms with Crippen molar-refractivity contribution in [2.24, 2.45) is 0 Å². The van der Waals surface area contributed by atoms with Gasteiger partial charge in [-0.2, -0.15) is 0 Å². The van der Waals surface area contributed by atoms with Crippen LogP contribution in [0.4, 0.5) is 0 Å². The van der Waals surface area contributed by atoms with Crippen LogP contribution in [-0.4, -0.2) is 35.9 Å². The highest BCUT2D eigenvalue weighted by molar-refractivity contribution is 9.10. The number of nitrogens with zero attached hydrogens (tertiary/aromatic N) is 1. The third-order valence-electron chi connectivity index (χ3n) is 5.35. The number of rotatable bonds is 9. The van der Waals surface area contributed by atoms with Crippen LogP contribution in [0.25, 0.3) is 10.8 Å². The summed E-state index contributed by atoms with van der Waals surface area (Å²) in [6, 6.07) is 19.2. The van der Waals surface area contributed by atoms with Crippen LogP contribution in [0.1, 0.15) is 31.4 Å². The second-order valence-corrected chi connectivity index (χ2v) is 8.51. The van der Waals surface area contributed by atoms with Gasteiger partial charge in [-0.1, -0.05) is 67.1 Å². The van der Waals surface area contributed by atoms with E-state index in [1.54, 1.807) is 4.90 Å². The van der Waals surface area contributed by atoms with Gasteiger partial charge < -0.3 is 15.0 Å². The number of fused-ring (bicyclic) bond motifs is 1. The number of ether oxygens (including phenoxy) is 1. The van der Waals surface area contributed by atoms with Crippen molar-refractivity contribution in [1.29, 1.82) is 0 Å². The number of benzene rings is 3. The van der Waals surface area contributed by atoms with Gasteiger partial charge in [-0.05, 0) is 58.6 Å². The van der Waals surface area contributed by atoms with Crippen molar-refractivity contribution in [3.63, 3.8) is 0 Å². The number of likely N-dealkylation sites (N-methyl/N-ethyl adjacent to an activating group) is 1. The van der Waals surface area contributed by atoms with Crippen LogP contribution in [0.15, 0.2) is 65.1 Å². The summed E-state index contributed by atoms with van der Waals surface area (Å²) in [6.45, 7) is 6.51. The average molecular weight is 497 g/mol. The molecule has 0 aliphatic carbocycles. The Balaban J connectivity index is 1.82. The van der Waals surface area contributed by atoms with Gasteiger partial charge in [0, 0.05) is 13.1 Å². The Morgan fingerprint density at radius 3 is 2.56 bits per heavy atom. The third-order valence-corrected chi connectivity index (χ3v) is 6.17. The van der Waals surface area contributed by atoms with Crippen LogP contribution < -0.4 is 10.1 Å². The minimum atomic E-state index is -0.563. The molecule has 0 unspecified atom stereocenters. The van der Waals surface area contributed by atoms with Crippen LogP contribution in [-0.2, 0) is 16.1 Å². The van der Waals surface area contributed by atoms with Crippen LogP contribution in [0, 0.1) is 6.92 Å². The SMILES string of the molecule is CCNC(=O)[C@H](CC)N(Cc1cccc(C)c1)C(=O)COc1ccc2ccccc2c1Br. The maximum absolute atomic E-state index is 13.3. The minimum Gasteiger partial charge on any atom is -0.483 e. The molecule has 0 saturated heterocycles. The van der Waals surface area contributed by atoms with Gasteiger partial charge in [0.15, 0.2) is 6.61 Å². The highest BCUT2D eigenvalue weighted by Gasteiger charge is 2.28. The molecule has 0 bridgehead atoms. The summed E-state index contributed by atoms with van der Waals surface area (Å²) >= 11 is 3.60. The topological polar surface area (TPSA) is 58.6 Å². The first-order valence-corrected chi connectivity index (χ1v) is 11.7. The molecule has 0 heterocycles. The Morgan fingerprint density at radius 2 is 1.84 bits per heavy atom. The molecule has 0 aliphatic rings. The van der Waals surface area contributed by atoms with E-state index in [2.05, 4.69) is 21.2 Å². The molecular weight excluding hydrogens is 468 g/mol. The number of carbonyl (C=O) groups is 2. The van der Waals surface area contributed by atoms with Crippen molar-refractivity contribution in [2.45, 2.75) is 39.8 Å². The molecule has 1 N–H and O–H groups in total. The normalized spacial score (nSPS) is 11.8. The van der Waals surface area contributed by atoms with E-state index in [0.717, 1.165) is 26.4 Å². The second kappa shape index (κ2) is 11.1. The number of aryl methyl sites for hydroxylation is 1. The van der Waals surface area contributed by atoms with Gasteiger partial charge in [-0.3, -0.25) is 9.59 Å². The molecule has 1 atom stereocenters. The number of nitrogens with one attached hydrogen (secondary N) is 1.